The molecule has 1 heterocycles. The maximum atomic E-state index is 12.6. The number of nitrogens with zero attached hydrogens (tertiary/aromatic N) is 1. The van der Waals surface area contributed by atoms with E-state index in [-0.39, 0.29) is 24.5 Å². The number of hydrogen-bond donors (Lipinski definition) is 1. The Hall–Kier alpha value is -1.32. The van der Waals surface area contributed by atoms with Crippen molar-refractivity contribution < 1.29 is 9.90 Å². The van der Waals surface area contributed by atoms with Crippen LogP contribution in [-0.2, 0) is 4.79 Å². The van der Waals surface area contributed by atoms with Crippen molar-refractivity contribution in [2.24, 2.45) is 5.92 Å². The van der Waals surface area contributed by atoms with E-state index in [0.717, 1.165) is 18.4 Å². The Kier molecular flexibility index (Phi) is 5.43. The molecule has 0 saturated carbocycles. The molecule has 1 fully saturated rings. The zero-order valence-electron chi connectivity index (χ0n) is 12.6. The van der Waals surface area contributed by atoms with Crippen LogP contribution in [0.4, 0.5) is 0 Å². The molecule has 2 atom stereocenters. The first-order valence-electron chi connectivity index (χ1n) is 7.37. The van der Waals surface area contributed by atoms with Gasteiger partial charge in [0, 0.05) is 29.8 Å². The maximum Gasteiger partial charge on any atom is 0.249 e. The molecule has 1 amide bonds. The molecular formula is C17H22ClNO2. The average Bonchev–Trinajstić information content (AvgIpc) is 2.47. The number of amides is 1. The highest BCUT2D eigenvalue weighted by Gasteiger charge is 2.29. The minimum absolute atomic E-state index is 0.0422. The van der Waals surface area contributed by atoms with Gasteiger partial charge in [-0.05, 0) is 56.4 Å². The fourth-order valence-corrected chi connectivity index (χ4v) is 2.95. The van der Waals surface area contributed by atoms with E-state index in [1.807, 2.05) is 42.2 Å². The molecule has 0 aliphatic carbocycles. The molecule has 1 saturated heterocycles. The quantitative estimate of drug-likeness (QED) is 0.870. The number of aliphatic hydroxyl groups excluding tert-OH is 1. The Balaban J connectivity index is 2.14. The van der Waals surface area contributed by atoms with Gasteiger partial charge in [-0.1, -0.05) is 23.7 Å². The van der Waals surface area contributed by atoms with Gasteiger partial charge < -0.3 is 10.0 Å². The minimum atomic E-state index is 0.0422. The summed E-state index contributed by atoms with van der Waals surface area (Å²) in [6.45, 7) is 4.68. The van der Waals surface area contributed by atoms with Crippen molar-refractivity contribution in [3.05, 3.63) is 40.4 Å². The molecule has 1 aromatic rings. The zero-order valence-corrected chi connectivity index (χ0v) is 13.3. The molecule has 2 rings (SSSR count). The Labute approximate surface area is 131 Å². The van der Waals surface area contributed by atoms with Crippen LogP contribution in [0.1, 0.15) is 32.3 Å². The number of benzene rings is 1. The average molecular weight is 308 g/mol. The molecular weight excluding hydrogens is 286 g/mol. The summed E-state index contributed by atoms with van der Waals surface area (Å²) in [4.78, 5) is 14.5. The third-order valence-corrected chi connectivity index (χ3v) is 4.30. The number of rotatable bonds is 3. The topological polar surface area (TPSA) is 40.5 Å². The van der Waals surface area contributed by atoms with Crippen LogP contribution in [0.25, 0.3) is 6.08 Å². The van der Waals surface area contributed by atoms with E-state index in [4.69, 9.17) is 11.6 Å². The first-order chi connectivity index (χ1) is 10.0. The molecule has 114 valence electrons. The molecule has 21 heavy (non-hydrogen) atoms. The lowest BCUT2D eigenvalue weighted by atomic mass is 9.93. The fourth-order valence-electron chi connectivity index (χ4n) is 2.75. The van der Waals surface area contributed by atoms with Crippen LogP contribution in [0, 0.1) is 5.92 Å². The molecule has 3 nitrogen and oxygen atoms in total. The van der Waals surface area contributed by atoms with Gasteiger partial charge in [-0.3, -0.25) is 4.79 Å². The van der Waals surface area contributed by atoms with Crippen LogP contribution in [-0.4, -0.2) is 35.1 Å². The Bertz CT molecular complexity index is 541. The molecule has 0 radical (unpaired) electrons. The van der Waals surface area contributed by atoms with E-state index < -0.39 is 0 Å². The van der Waals surface area contributed by atoms with E-state index >= 15 is 0 Å². The molecule has 2 unspecified atom stereocenters. The summed E-state index contributed by atoms with van der Waals surface area (Å²) in [6, 6.07) is 7.68. The first kappa shape index (κ1) is 16.1. The van der Waals surface area contributed by atoms with Gasteiger partial charge in [0.25, 0.3) is 0 Å². The summed E-state index contributed by atoms with van der Waals surface area (Å²) >= 11 is 5.97. The van der Waals surface area contributed by atoms with Gasteiger partial charge >= 0.3 is 0 Å². The molecule has 1 aromatic carbocycles. The van der Waals surface area contributed by atoms with Gasteiger partial charge in [-0.15, -0.1) is 0 Å². The number of hydrogen-bond acceptors (Lipinski definition) is 2. The van der Waals surface area contributed by atoms with Crippen molar-refractivity contribution in [1.82, 2.24) is 4.90 Å². The lowest BCUT2D eigenvalue weighted by Gasteiger charge is -2.37. The summed E-state index contributed by atoms with van der Waals surface area (Å²) < 4.78 is 0. The van der Waals surface area contributed by atoms with Crippen LogP contribution in [0.5, 0.6) is 0 Å². The Morgan fingerprint density at radius 2 is 2.24 bits per heavy atom. The molecule has 0 aromatic heterocycles. The summed E-state index contributed by atoms with van der Waals surface area (Å²) in [7, 11) is 0. The maximum absolute atomic E-state index is 12.6. The van der Waals surface area contributed by atoms with Crippen LogP contribution in [0.3, 0.4) is 0 Å². The third kappa shape index (κ3) is 4.08. The number of halogens is 1. The summed E-state index contributed by atoms with van der Waals surface area (Å²) in [6.07, 6.45) is 3.80. The van der Waals surface area contributed by atoms with Gasteiger partial charge in [0.05, 0.1) is 0 Å². The first-order valence-corrected chi connectivity index (χ1v) is 7.74. The number of carbonyl (C=O) groups is 1. The van der Waals surface area contributed by atoms with Crippen molar-refractivity contribution in [2.45, 2.75) is 32.7 Å². The molecule has 0 spiro atoms. The molecule has 4 heteroatoms. The largest absolute Gasteiger partial charge is 0.396 e. The van der Waals surface area contributed by atoms with Gasteiger partial charge in [-0.2, -0.15) is 0 Å². The summed E-state index contributed by atoms with van der Waals surface area (Å²) in [5, 5.41) is 9.98. The van der Waals surface area contributed by atoms with Crippen molar-refractivity contribution in [1.29, 1.82) is 0 Å². The molecule has 1 N–H and O–H groups in total. The van der Waals surface area contributed by atoms with Gasteiger partial charge in [0.2, 0.25) is 5.91 Å². The third-order valence-electron chi connectivity index (χ3n) is 4.07. The SMILES string of the molecule is C/C(=C\c1cccc(Cl)c1)C(=O)N1CC(CO)CCC1C. The number of piperidine rings is 1. The van der Waals surface area contributed by atoms with Crippen molar-refractivity contribution >= 4 is 23.6 Å². The Morgan fingerprint density at radius 3 is 2.90 bits per heavy atom. The predicted octanol–water partition coefficient (Wildman–Crippen LogP) is 3.36. The number of likely N-dealkylation sites (tertiary alicyclic amines) is 1. The van der Waals surface area contributed by atoms with Gasteiger partial charge in [-0.25, -0.2) is 0 Å². The van der Waals surface area contributed by atoms with Crippen LogP contribution in [0.2, 0.25) is 5.02 Å². The van der Waals surface area contributed by atoms with Crippen LogP contribution >= 0.6 is 11.6 Å². The lowest BCUT2D eigenvalue weighted by Crippen LogP contribution is -2.46. The van der Waals surface area contributed by atoms with E-state index in [1.54, 1.807) is 0 Å². The second kappa shape index (κ2) is 7.10. The normalized spacial score (nSPS) is 23.2. The van der Waals surface area contributed by atoms with Crippen LogP contribution in [0.15, 0.2) is 29.8 Å². The molecule has 0 bridgehead atoms. The van der Waals surface area contributed by atoms with Gasteiger partial charge in [0.15, 0.2) is 0 Å². The second-order valence-electron chi connectivity index (χ2n) is 5.81. The fraction of sp³-hybridized carbons (Fsp3) is 0.471. The van der Waals surface area contributed by atoms with E-state index in [9.17, 15) is 9.90 Å². The lowest BCUT2D eigenvalue weighted by molar-refractivity contribution is -0.131. The van der Waals surface area contributed by atoms with Crippen molar-refractivity contribution in [3.8, 4) is 0 Å². The highest BCUT2D eigenvalue weighted by atomic mass is 35.5. The van der Waals surface area contributed by atoms with Gasteiger partial charge in [0.1, 0.15) is 0 Å². The minimum Gasteiger partial charge on any atom is -0.396 e. The zero-order chi connectivity index (χ0) is 15.4. The standard InChI is InChI=1S/C17H22ClNO2/c1-12(8-14-4-3-5-16(18)9-14)17(21)19-10-15(11-20)7-6-13(19)2/h3-5,8-9,13,15,20H,6-7,10-11H2,1-2H3/b12-8+. The molecule has 1 aliphatic rings. The van der Waals surface area contributed by atoms with E-state index in [2.05, 4.69) is 6.92 Å². The monoisotopic (exact) mass is 307 g/mol. The predicted molar refractivity (Wildman–Crippen MR) is 86.1 cm³/mol. The highest BCUT2D eigenvalue weighted by molar-refractivity contribution is 6.30. The number of carbonyl (C=O) groups excluding carboxylic acids is 1. The number of aliphatic hydroxyl groups is 1. The Morgan fingerprint density at radius 1 is 1.48 bits per heavy atom. The highest BCUT2D eigenvalue weighted by Crippen LogP contribution is 2.24. The van der Waals surface area contributed by atoms with Crippen molar-refractivity contribution in [2.75, 3.05) is 13.2 Å². The van der Waals surface area contributed by atoms with Crippen LogP contribution < -0.4 is 0 Å². The molecule has 1 aliphatic heterocycles. The summed E-state index contributed by atoms with van der Waals surface area (Å²) in [5.74, 6) is 0.241. The summed E-state index contributed by atoms with van der Waals surface area (Å²) in [5.41, 5.74) is 1.62. The van der Waals surface area contributed by atoms with E-state index in [0.29, 0.717) is 17.1 Å². The smallest absolute Gasteiger partial charge is 0.249 e. The second-order valence-corrected chi connectivity index (χ2v) is 6.25. The van der Waals surface area contributed by atoms with E-state index in [1.165, 1.54) is 0 Å². The van der Waals surface area contributed by atoms with Crippen molar-refractivity contribution in [3.63, 3.8) is 0 Å².